The molecule has 0 fully saturated rings. The van der Waals surface area contributed by atoms with Crippen molar-refractivity contribution in [2.24, 2.45) is 0 Å². The van der Waals surface area contributed by atoms with Gasteiger partial charge in [-0.25, -0.2) is 4.98 Å². The predicted molar refractivity (Wildman–Crippen MR) is 87.6 cm³/mol. The van der Waals surface area contributed by atoms with E-state index in [1.54, 1.807) is 0 Å². The summed E-state index contributed by atoms with van der Waals surface area (Å²) in [6.45, 7) is 8.55. The van der Waals surface area contributed by atoms with E-state index in [0.717, 1.165) is 24.5 Å². The predicted octanol–water partition coefficient (Wildman–Crippen LogP) is 4.09. The Morgan fingerprint density at radius 1 is 1.20 bits per heavy atom. The number of hydrogen-bond donors (Lipinski definition) is 1. The van der Waals surface area contributed by atoms with Crippen molar-refractivity contribution in [3.63, 3.8) is 0 Å². The first kappa shape index (κ1) is 15.2. The van der Waals surface area contributed by atoms with Gasteiger partial charge in [0, 0.05) is 23.5 Å². The fraction of sp³-hybridized carbons (Fsp3) is 0.471. The second-order valence-corrected chi connectivity index (χ2v) is 6.68. The van der Waals surface area contributed by atoms with Crippen LogP contribution >= 0.6 is 11.3 Å². The molecule has 0 saturated heterocycles. The monoisotopic (exact) mass is 288 g/mol. The molecule has 1 heterocycles. The first-order valence-corrected chi connectivity index (χ1v) is 8.19. The average molecular weight is 288 g/mol. The fourth-order valence-electron chi connectivity index (χ4n) is 2.34. The molecule has 0 amide bonds. The van der Waals surface area contributed by atoms with E-state index in [1.807, 2.05) is 17.5 Å². The van der Waals surface area contributed by atoms with Crippen LogP contribution in [0.2, 0.25) is 0 Å². The lowest BCUT2D eigenvalue weighted by molar-refractivity contribution is 0.579. The van der Waals surface area contributed by atoms with E-state index < -0.39 is 0 Å². The Hall–Kier alpha value is -1.19. The first-order valence-electron chi connectivity index (χ1n) is 7.37. The van der Waals surface area contributed by atoms with Gasteiger partial charge in [-0.2, -0.15) is 0 Å². The second-order valence-electron chi connectivity index (χ2n) is 5.36. The lowest BCUT2D eigenvalue weighted by Crippen LogP contribution is -2.23. The van der Waals surface area contributed by atoms with Gasteiger partial charge in [0.05, 0.1) is 5.01 Å². The molecule has 0 saturated carbocycles. The van der Waals surface area contributed by atoms with E-state index in [-0.39, 0.29) is 0 Å². The lowest BCUT2D eigenvalue weighted by atomic mass is 9.94. The summed E-state index contributed by atoms with van der Waals surface area (Å²) in [4.78, 5) is 5.75. The highest BCUT2D eigenvalue weighted by Gasteiger charge is 2.13. The summed E-state index contributed by atoms with van der Waals surface area (Å²) in [5, 5.41) is 4.72. The minimum absolute atomic E-state index is 0.530. The molecule has 0 radical (unpaired) electrons. The SMILES string of the molecule is CCCNCC(Cc1cnc(C)s1)c1ccc(C)cc1. The molecule has 1 aromatic carbocycles. The maximum atomic E-state index is 4.37. The van der Waals surface area contributed by atoms with Gasteiger partial charge in [-0.3, -0.25) is 0 Å². The van der Waals surface area contributed by atoms with Crippen molar-refractivity contribution in [3.05, 3.63) is 51.5 Å². The van der Waals surface area contributed by atoms with Crippen LogP contribution in [-0.4, -0.2) is 18.1 Å². The Morgan fingerprint density at radius 2 is 1.95 bits per heavy atom. The molecule has 20 heavy (non-hydrogen) atoms. The Kier molecular flexibility index (Phi) is 5.74. The zero-order valence-electron chi connectivity index (χ0n) is 12.6. The van der Waals surface area contributed by atoms with Crippen LogP contribution in [0.15, 0.2) is 30.5 Å². The topological polar surface area (TPSA) is 24.9 Å². The van der Waals surface area contributed by atoms with Gasteiger partial charge in [0.15, 0.2) is 0 Å². The molecular formula is C17H24N2S. The van der Waals surface area contributed by atoms with E-state index in [2.05, 4.69) is 55.3 Å². The highest BCUT2D eigenvalue weighted by atomic mass is 32.1. The molecule has 2 nitrogen and oxygen atoms in total. The van der Waals surface area contributed by atoms with E-state index in [4.69, 9.17) is 0 Å². The molecular weight excluding hydrogens is 264 g/mol. The molecule has 2 aromatic rings. The number of thiazole rings is 1. The van der Waals surface area contributed by atoms with Crippen molar-refractivity contribution in [2.75, 3.05) is 13.1 Å². The fourth-order valence-corrected chi connectivity index (χ4v) is 3.22. The molecule has 0 bridgehead atoms. The minimum atomic E-state index is 0.530. The van der Waals surface area contributed by atoms with Gasteiger partial charge in [0.1, 0.15) is 0 Å². The standard InChI is InChI=1S/C17H24N2S/c1-4-9-18-11-16(10-17-12-19-14(3)20-17)15-7-5-13(2)6-8-15/h5-8,12,16,18H,4,9-11H2,1-3H3. The quantitative estimate of drug-likeness (QED) is 0.776. The van der Waals surface area contributed by atoms with Crippen molar-refractivity contribution in [1.82, 2.24) is 10.3 Å². The van der Waals surface area contributed by atoms with Gasteiger partial charge in [0.2, 0.25) is 0 Å². The van der Waals surface area contributed by atoms with Gasteiger partial charge >= 0.3 is 0 Å². The Bertz CT molecular complexity index is 516. The second kappa shape index (κ2) is 7.55. The van der Waals surface area contributed by atoms with Crippen molar-refractivity contribution in [3.8, 4) is 0 Å². The molecule has 0 spiro atoms. The highest BCUT2D eigenvalue weighted by Crippen LogP contribution is 2.24. The summed E-state index contributed by atoms with van der Waals surface area (Å²) >= 11 is 1.81. The van der Waals surface area contributed by atoms with Crippen molar-refractivity contribution < 1.29 is 0 Å². The number of aryl methyl sites for hydroxylation is 2. The van der Waals surface area contributed by atoms with Gasteiger partial charge in [-0.05, 0) is 38.8 Å². The van der Waals surface area contributed by atoms with Crippen LogP contribution in [0.3, 0.4) is 0 Å². The third-order valence-electron chi connectivity index (χ3n) is 3.48. The minimum Gasteiger partial charge on any atom is -0.316 e. The number of nitrogens with one attached hydrogen (secondary N) is 1. The van der Waals surface area contributed by atoms with Gasteiger partial charge in [-0.15, -0.1) is 11.3 Å². The third kappa shape index (κ3) is 4.43. The molecule has 1 atom stereocenters. The van der Waals surface area contributed by atoms with Crippen molar-refractivity contribution in [2.45, 2.75) is 39.5 Å². The number of rotatable bonds is 7. The maximum Gasteiger partial charge on any atom is 0.0896 e. The summed E-state index contributed by atoms with van der Waals surface area (Å²) in [5.74, 6) is 0.530. The number of hydrogen-bond acceptors (Lipinski definition) is 3. The lowest BCUT2D eigenvalue weighted by Gasteiger charge is -2.17. The summed E-state index contributed by atoms with van der Waals surface area (Å²) in [5.41, 5.74) is 2.74. The normalized spacial score (nSPS) is 12.6. The molecule has 1 unspecified atom stereocenters. The van der Waals surface area contributed by atoms with E-state index in [1.165, 1.54) is 22.4 Å². The number of benzene rings is 1. The Morgan fingerprint density at radius 3 is 2.55 bits per heavy atom. The Labute approximate surface area is 126 Å². The zero-order valence-corrected chi connectivity index (χ0v) is 13.5. The van der Waals surface area contributed by atoms with Gasteiger partial charge in [0.25, 0.3) is 0 Å². The summed E-state index contributed by atoms with van der Waals surface area (Å²) < 4.78 is 0. The van der Waals surface area contributed by atoms with Crippen molar-refractivity contribution in [1.29, 1.82) is 0 Å². The molecule has 0 aliphatic heterocycles. The van der Waals surface area contributed by atoms with Crippen LogP contribution in [0.5, 0.6) is 0 Å². The van der Waals surface area contributed by atoms with E-state index in [0.29, 0.717) is 5.92 Å². The average Bonchev–Trinajstić information content (AvgIpc) is 2.84. The number of nitrogens with zero attached hydrogens (tertiary/aromatic N) is 1. The van der Waals surface area contributed by atoms with E-state index >= 15 is 0 Å². The zero-order chi connectivity index (χ0) is 14.4. The molecule has 0 aliphatic rings. The van der Waals surface area contributed by atoms with Crippen LogP contribution in [0.1, 0.15) is 40.3 Å². The number of aromatic nitrogens is 1. The van der Waals surface area contributed by atoms with Crippen LogP contribution in [0.25, 0.3) is 0 Å². The largest absolute Gasteiger partial charge is 0.316 e. The molecule has 1 aromatic heterocycles. The molecule has 0 aliphatic carbocycles. The summed E-state index contributed by atoms with van der Waals surface area (Å²) in [7, 11) is 0. The van der Waals surface area contributed by atoms with Crippen LogP contribution in [0.4, 0.5) is 0 Å². The highest BCUT2D eigenvalue weighted by molar-refractivity contribution is 7.11. The summed E-state index contributed by atoms with van der Waals surface area (Å²) in [6, 6.07) is 8.95. The molecule has 1 N–H and O–H groups in total. The van der Waals surface area contributed by atoms with Gasteiger partial charge in [-0.1, -0.05) is 36.8 Å². The third-order valence-corrected chi connectivity index (χ3v) is 4.42. The van der Waals surface area contributed by atoms with Crippen LogP contribution in [-0.2, 0) is 6.42 Å². The maximum absolute atomic E-state index is 4.37. The van der Waals surface area contributed by atoms with Crippen LogP contribution < -0.4 is 5.32 Å². The van der Waals surface area contributed by atoms with E-state index in [9.17, 15) is 0 Å². The molecule has 2 rings (SSSR count). The molecule has 3 heteroatoms. The molecule has 108 valence electrons. The first-order chi connectivity index (χ1) is 9.69. The smallest absolute Gasteiger partial charge is 0.0896 e. The van der Waals surface area contributed by atoms with Gasteiger partial charge < -0.3 is 5.32 Å². The van der Waals surface area contributed by atoms with Crippen LogP contribution in [0, 0.1) is 13.8 Å². The Balaban J connectivity index is 2.09. The van der Waals surface area contributed by atoms with Crippen molar-refractivity contribution >= 4 is 11.3 Å². The summed E-state index contributed by atoms with van der Waals surface area (Å²) in [6.07, 6.45) is 4.28.